The number of hydrogen-bond donors (Lipinski definition) is 2. The Kier molecular flexibility index (Phi) is 5.30. The number of carbonyl (C=O) groups excluding carboxylic acids is 1. The third-order valence-corrected chi connectivity index (χ3v) is 6.00. The van der Waals surface area contributed by atoms with Crippen molar-refractivity contribution in [3.63, 3.8) is 0 Å². The molecule has 2 N–H and O–H groups in total. The molecule has 138 valence electrons. The smallest absolute Gasteiger partial charge is 0.275 e. The lowest BCUT2D eigenvalue weighted by molar-refractivity contribution is 0.0951. The molecule has 0 spiro atoms. The van der Waals surface area contributed by atoms with E-state index in [1.807, 2.05) is 24.3 Å². The summed E-state index contributed by atoms with van der Waals surface area (Å²) in [6.07, 6.45) is 5.28. The Morgan fingerprint density at radius 1 is 1.19 bits per heavy atom. The van der Waals surface area contributed by atoms with Gasteiger partial charge in [-0.3, -0.25) is 4.79 Å². The predicted octanol–water partition coefficient (Wildman–Crippen LogP) is 5.26. The summed E-state index contributed by atoms with van der Waals surface area (Å²) >= 11 is 0. The van der Waals surface area contributed by atoms with E-state index in [-0.39, 0.29) is 17.2 Å². The number of hydrogen-bond acceptors (Lipinski definition) is 3. The summed E-state index contributed by atoms with van der Waals surface area (Å²) in [5, 5.41) is 16.3. The first kappa shape index (κ1) is 18.4. The van der Waals surface area contributed by atoms with Crippen molar-refractivity contribution in [3.05, 3.63) is 42.0 Å². The molecular weight excluding hydrogens is 324 g/mol. The molecule has 1 aliphatic carbocycles. The summed E-state index contributed by atoms with van der Waals surface area (Å²) in [7, 11) is 0. The van der Waals surface area contributed by atoms with E-state index in [2.05, 4.69) is 31.3 Å². The van der Waals surface area contributed by atoms with E-state index in [0.717, 1.165) is 42.2 Å². The molecule has 4 nitrogen and oxygen atoms in total. The van der Waals surface area contributed by atoms with Crippen LogP contribution in [0.25, 0.3) is 10.8 Å². The van der Waals surface area contributed by atoms with Crippen molar-refractivity contribution in [3.8, 4) is 5.75 Å². The number of fused-ring (bicyclic) bond motifs is 1. The van der Waals surface area contributed by atoms with Crippen molar-refractivity contribution in [2.24, 2.45) is 16.4 Å². The van der Waals surface area contributed by atoms with Gasteiger partial charge in [0.05, 0.1) is 5.56 Å². The Bertz CT molecular complexity index is 829. The number of nitrogens with zero attached hydrogens (tertiary/aromatic N) is 1. The zero-order valence-corrected chi connectivity index (χ0v) is 15.9. The predicted molar refractivity (Wildman–Crippen MR) is 107 cm³/mol. The van der Waals surface area contributed by atoms with E-state index in [9.17, 15) is 9.90 Å². The Morgan fingerprint density at radius 3 is 2.42 bits per heavy atom. The summed E-state index contributed by atoms with van der Waals surface area (Å²) in [5.74, 6) is 0.332. The van der Waals surface area contributed by atoms with Gasteiger partial charge in [0.2, 0.25) is 0 Å². The van der Waals surface area contributed by atoms with Crippen molar-refractivity contribution in [1.82, 2.24) is 5.43 Å². The van der Waals surface area contributed by atoms with Crippen LogP contribution in [0.3, 0.4) is 0 Å². The quantitative estimate of drug-likeness (QED) is 0.738. The third kappa shape index (κ3) is 3.90. The average molecular weight is 352 g/mol. The van der Waals surface area contributed by atoms with Gasteiger partial charge in [0.25, 0.3) is 5.91 Å². The fraction of sp³-hybridized carbons (Fsp3) is 0.455. The summed E-state index contributed by atoms with van der Waals surface area (Å²) in [6, 6.07) is 11.0. The molecule has 0 atom stereocenters. The van der Waals surface area contributed by atoms with Crippen LogP contribution in [0.1, 0.15) is 63.2 Å². The van der Waals surface area contributed by atoms with Crippen molar-refractivity contribution in [2.45, 2.75) is 52.9 Å². The first-order valence-electron chi connectivity index (χ1n) is 9.48. The highest BCUT2D eigenvalue weighted by Crippen LogP contribution is 2.39. The Morgan fingerprint density at radius 2 is 1.81 bits per heavy atom. The molecular formula is C22H28N2O2. The summed E-state index contributed by atoms with van der Waals surface area (Å²) in [5.41, 5.74) is 4.30. The fourth-order valence-corrected chi connectivity index (χ4v) is 3.73. The fourth-order valence-electron chi connectivity index (χ4n) is 3.73. The van der Waals surface area contributed by atoms with Crippen LogP contribution in [0.5, 0.6) is 5.75 Å². The number of amides is 1. The molecule has 2 aromatic carbocycles. The van der Waals surface area contributed by atoms with Crippen molar-refractivity contribution >= 4 is 22.4 Å². The maximum atomic E-state index is 12.4. The first-order chi connectivity index (χ1) is 12.4. The molecule has 0 heterocycles. The normalized spacial score (nSPS) is 18.0. The molecule has 0 aromatic heterocycles. The molecule has 0 saturated heterocycles. The zero-order valence-electron chi connectivity index (χ0n) is 15.9. The van der Waals surface area contributed by atoms with Gasteiger partial charge in [-0.25, -0.2) is 5.43 Å². The summed E-state index contributed by atoms with van der Waals surface area (Å²) in [6.45, 7) is 6.92. The molecule has 0 bridgehead atoms. The first-order valence-corrected chi connectivity index (χ1v) is 9.48. The van der Waals surface area contributed by atoms with Gasteiger partial charge in [0.1, 0.15) is 5.75 Å². The molecule has 4 heteroatoms. The van der Waals surface area contributed by atoms with Crippen LogP contribution in [-0.4, -0.2) is 16.7 Å². The standard InChI is InChI=1S/C22H28N2O2/c1-4-22(2,3)17-9-11-18(12-10-17)23-24-21(26)19-13-15-7-5-6-8-16(15)14-20(19)25/h5-8,13-14,17,25H,4,9-12H2,1-3H3,(H,24,26). The average Bonchev–Trinajstić information content (AvgIpc) is 2.66. The van der Waals surface area contributed by atoms with Crippen LogP contribution >= 0.6 is 0 Å². The van der Waals surface area contributed by atoms with Gasteiger partial charge < -0.3 is 5.11 Å². The lowest BCUT2D eigenvalue weighted by Crippen LogP contribution is -2.29. The highest BCUT2D eigenvalue weighted by molar-refractivity contribution is 6.02. The van der Waals surface area contributed by atoms with E-state index < -0.39 is 0 Å². The van der Waals surface area contributed by atoms with Crippen LogP contribution < -0.4 is 5.43 Å². The van der Waals surface area contributed by atoms with Gasteiger partial charge in [-0.15, -0.1) is 0 Å². The summed E-state index contributed by atoms with van der Waals surface area (Å²) < 4.78 is 0. The molecule has 1 aliphatic rings. The topological polar surface area (TPSA) is 61.7 Å². The van der Waals surface area contributed by atoms with Crippen molar-refractivity contribution in [1.29, 1.82) is 0 Å². The van der Waals surface area contributed by atoms with Crippen molar-refractivity contribution in [2.75, 3.05) is 0 Å². The number of phenols is 1. The summed E-state index contributed by atoms with van der Waals surface area (Å²) in [4.78, 5) is 12.4. The Hall–Kier alpha value is -2.36. The second kappa shape index (κ2) is 7.48. The van der Waals surface area contributed by atoms with Crippen molar-refractivity contribution < 1.29 is 9.90 Å². The molecule has 1 amide bonds. The number of phenolic OH excluding ortho intramolecular Hbond substituents is 1. The van der Waals surface area contributed by atoms with Crippen LogP contribution in [-0.2, 0) is 0 Å². The van der Waals surface area contributed by atoms with E-state index >= 15 is 0 Å². The van der Waals surface area contributed by atoms with Crippen LogP contribution in [0.4, 0.5) is 0 Å². The van der Waals surface area contributed by atoms with E-state index in [1.54, 1.807) is 12.1 Å². The highest BCUT2D eigenvalue weighted by atomic mass is 16.3. The van der Waals surface area contributed by atoms with Gasteiger partial charge in [0, 0.05) is 5.71 Å². The second-order valence-corrected chi connectivity index (χ2v) is 7.95. The zero-order chi connectivity index (χ0) is 18.7. The number of benzene rings is 2. The number of rotatable bonds is 4. The Balaban J connectivity index is 1.66. The number of carbonyl (C=O) groups is 1. The van der Waals surface area contributed by atoms with Gasteiger partial charge in [0.15, 0.2) is 0 Å². The van der Waals surface area contributed by atoms with E-state index in [4.69, 9.17) is 0 Å². The molecule has 0 radical (unpaired) electrons. The SMILES string of the molecule is CCC(C)(C)C1CCC(=NNC(=O)c2cc3ccccc3cc2O)CC1. The van der Waals surface area contributed by atoms with Gasteiger partial charge >= 0.3 is 0 Å². The monoisotopic (exact) mass is 352 g/mol. The largest absolute Gasteiger partial charge is 0.507 e. The maximum absolute atomic E-state index is 12.4. The molecule has 0 aliphatic heterocycles. The highest BCUT2D eigenvalue weighted by Gasteiger charge is 2.30. The molecule has 1 saturated carbocycles. The number of hydrazone groups is 1. The minimum absolute atomic E-state index is 0.0187. The molecule has 26 heavy (non-hydrogen) atoms. The van der Waals surface area contributed by atoms with Crippen LogP contribution in [0, 0.1) is 11.3 Å². The third-order valence-electron chi connectivity index (χ3n) is 6.00. The lowest BCUT2D eigenvalue weighted by atomic mass is 9.69. The second-order valence-electron chi connectivity index (χ2n) is 7.95. The molecule has 2 aromatic rings. The minimum atomic E-state index is -0.364. The minimum Gasteiger partial charge on any atom is -0.507 e. The van der Waals surface area contributed by atoms with E-state index in [0.29, 0.717) is 11.3 Å². The molecule has 0 unspecified atom stereocenters. The Labute approximate surface area is 155 Å². The number of nitrogens with one attached hydrogen (secondary N) is 1. The van der Waals surface area contributed by atoms with Crippen LogP contribution in [0.15, 0.2) is 41.5 Å². The molecule has 3 rings (SSSR count). The van der Waals surface area contributed by atoms with Gasteiger partial charge in [-0.05, 0) is 59.9 Å². The number of aromatic hydroxyl groups is 1. The van der Waals surface area contributed by atoms with E-state index in [1.165, 1.54) is 6.42 Å². The molecule has 1 fully saturated rings. The lowest BCUT2D eigenvalue weighted by Gasteiger charge is -2.36. The van der Waals surface area contributed by atoms with Crippen LogP contribution in [0.2, 0.25) is 0 Å². The maximum Gasteiger partial charge on any atom is 0.275 e. The van der Waals surface area contributed by atoms with Gasteiger partial charge in [-0.1, -0.05) is 51.5 Å². The van der Waals surface area contributed by atoms with Gasteiger partial charge in [-0.2, -0.15) is 5.10 Å².